The van der Waals surface area contributed by atoms with Crippen LogP contribution in [0.25, 0.3) is 0 Å². The zero-order chi connectivity index (χ0) is 11.5. The number of aryl methyl sites for hydroxylation is 1. The monoisotopic (exact) mass is 255 g/mol. The van der Waals surface area contributed by atoms with Crippen molar-refractivity contribution in [2.75, 3.05) is 0 Å². The van der Waals surface area contributed by atoms with Gasteiger partial charge in [0.15, 0.2) is 0 Å². The minimum atomic E-state index is -1.23. The van der Waals surface area contributed by atoms with Crippen molar-refractivity contribution in [3.63, 3.8) is 0 Å². The Morgan fingerprint density at radius 3 is 2.94 bits per heavy atom. The molecule has 0 amide bonds. The summed E-state index contributed by atoms with van der Waals surface area (Å²) in [5.74, 6) is -0.0198. The molecular formula is C11H10FNOS2. The molecule has 0 aliphatic heterocycles. The number of thiazole rings is 1. The number of nitrogens with zero attached hydrogens (tertiary/aromatic N) is 1. The number of halogens is 1. The molecule has 2 aromatic rings. The first kappa shape index (κ1) is 11.4. The van der Waals surface area contributed by atoms with Gasteiger partial charge in [-0.2, -0.15) is 0 Å². The molecule has 0 spiro atoms. The standard InChI is InChI=1S/C11H10FNOS2/c1-8-13-10(6-15-8)7-16(14)11-4-2-3-9(12)5-11/h2-6H,7H2,1H3. The third kappa shape index (κ3) is 2.74. The molecule has 16 heavy (non-hydrogen) atoms. The average molecular weight is 255 g/mol. The second kappa shape index (κ2) is 4.84. The van der Waals surface area contributed by atoms with Crippen LogP contribution in [0.4, 0.5) is 4.39 Å². The molecule has 0 aliphatic carbocycles. The number of benzene rings is 1. The number of hydrogen-bond donors (Lipinski definition) is 0. The Balaban J connectivity index is 2.14. The summed E-state index contributed by atoms with van der Waals surface area (Å²) in [6.45, 7) is 1.90. The van der Waals surface area contributed by atoms with E-state index in [-0.39, 0.29) is 5.82 Å². The number of aromatic nitrogens is 1. The van der Waals surface area contributed by atoms with Crippen LogP contribution in [0.5, 0.6) is 0 Å². The van der Waals surface area contributed by atoms with Crippen molar-refractivity contribution >= 4 is 22.1 Å². The van der Waals surface area contributed by atoms with Crippen LogP contribution < -0.4 is 0 Å². The summed E-state index contributed by atoms with van der Waals surface area (Å²) in [6, 6.07) is 5.87. The molecule has 1 unspecified atom stereocenters. The van der Waals surface area contributed by atoms with Crippen molar-refractivity contribution in [3.8, 4) is 0 Å². The van der Waals surface area contributed by atoms with E-state index in [1.54, 1.807) is 12.1 Å². The van der Waals surface area contributed by atoms with E-state index < -0.39 is 10.8 Å². The van der Waals surface area contributed by atoms with Crippen LogP contribution in [-0.4, -0.2) is 9.19 Å². The molecule has 2 nitrogen and oxygen atoms in total. The Kier molecular flexibility index (Phi) is 3.46. The molecule has 2 rings (SSSR count). The number of hydrogen-bond acceptors (Lipinski definition) is 3. The third-order valence-electron chi connectivity index (χ3n) is 2.00. The van der Waals surface area contributed by atoms with E-state index in [1.165, 1.54) is 23.5 Å². The lowest BCUT2D eigenvalue weighted by molar-refractivity contribution is 0.622. The summed E-state index contributed by atoms with van der Waals surface area (Å²) in [6.07, 6.45) is 0. The van der Waals surface area contributed by atoms with Gasteiger partial charge in [0.05, 0.1) is 27.3 Å². The molecule has 84 valence electrons. The van der Waals surface area contributed by atoms with Crippen molar-refractivity contribution in [1.29, 1.82) is 0 Å². The summed E-state index contributed by atoms with van der Waals surface area (Å²) in [5.41, 5.74) is 0.796. The number of rotatable bonds is 3. The van der Waals surface area contributed by atoms with Gasteiger partial charge >= 0.3 is 0 Å². The first-order valence-corrected chi connectivity index (χ1v) is 6.90. The van der Waals surface area contributed by atoms with Gasteiger partial charge in [0, 0.05) is 10.3 Å². The van der Waals surface area contributed by atoms with E-state index >= 15 is 0 Å². The second-order valence-electron chi connectivity index (χ2n) is 3.31. The van der Waals surface area contributed by atoms with Crippen molar-refractivity contribution < 1.29 is 8.60 Å². The molecule has 5 heteroatoms. The van der Waals surface area contributed by atoms with Gasteiger partial charge < -0.3 is 0 Å². The highest BCUT2D eigenvalue weighted by Crippen LogP contribution is 2.15. The quantitative estimate of drug-likeness (QED) is 0.844. The molecule has 0 aliphatic rings. The van der Waals surface area contributed by atoms with Gasteiger partial charge in [-0.05, 0) is 25.1 Å². The third-order valence-corrected chi connectivity index (χ3v) is 4.16. The maximum atomic E-state index is 12.9. The van der Waals surface area contributed by atoms with Crippen LogP contribution in [0, 0.1) is 12.7 Å². The van der Waals surface area contributed by atoms with Crippen molar-refractivity contribution in [2.24, 2.45) is 0 Å². The Morgan fingerprint density at radius 1 is 1.50 bits per heavy atom. The van der Waals surface area contributed by atoms with Crippen molar-refractivity contribution in [1.82, 2.24) is 4.98 Å². The van der Waals surface area contributed by atoms with Crippen LogP contribution >= 0.6 is 11.3 Å². The minimum Gasteiger partial charge on any atom is -0.254 e. The Morgan fingerprint density at radius 2 is 2.31 bits per heavy atom. The molecule has 0 saturated carbocycles. The summed E-state index contributed by atoms with van der Waals surface area (Å²) >= 11 is 1.53. The first-order valence-electron chi connectivity index (χ1n) is 4.70. The van der Waals surface area contributed by atoms with Gasteiger partial charge in [-0.25, -0.2) is 9.37 Å². The SMILES string of the molecule is Cc1nc(CS(=O)c2cccc(F)c2)cs1. The lowest BCUT2D eigenvalue weighted by Crippen LogP contribution is -1.97. The molecule has 0 saturated heterocycles. The predicted molar refractivity (Wildman–Crippen MR) is 63.4 cm³/mol. The van der Waals surface area contributed by atoms with Crippen molar-refractivity contribution in [2.45, 2.75) is 17.6 Å². The Bertz CT molecular complexity index is 524. The zero-order valence-electron chi connectivity index (χ0n) is 8.64. The fourth-order valence-electron chi connectivity index (χ4n) is 1.30. The largest absolute Gasteiger partial charge is 0.254 e. The van der Waals surface area contributed by atoms with E-state index in [1.807, 2.05) is 12.3 Å². The van der Waals surface area contributed by atoms with Crippen LogP contribution in [0.15, 0.2) is 34.5 Å². The van der Waals surface area contributed by atoms with E-state index in [0.29, 0.717) is 10.6 Å². The predicted octanol–water partition coefficient (Wildman–Crippen LogP) is 2.90. The van der Waals surface area contributed by atoms with Gasteiger partial charge in [-0.15, -0.1) is 11.3 Å². The second-order valence-corrected chi connectivity index (χ2v) is 5.82. The Hall–Kier alpha value is -1.07. The lowest BCUT2D eigenvalue weighted by atomic mass is 10.4. The highest BCUT2D eigenvalue weighted by molar-refractivity contribution is 7.84. The van der Waals surface area contributed by atoms with Crippen LogP contribution in [0.3, 0.4) is 0 Å². The highest BCUT2D eigenvalue weighted by Gasteiger charge is 2.08. The highest BCUT2D eigenvalue weighted by atomic mass is 32.2. The summed E-state index contributed by atoms with van der Waals surface area (Å²) < 4.78 is 24.8. The molecule has 0 radical (unpaired) electrons. The molecule has 1 atom stereocenters. The van der Waals surface area contributed by atoms with Gasteiger partial charge in [0.25, 0.3) is 0 Å². The summed E-state index contributed by atoms with van der Waals surface area (Å²) in [7, 11) is -1.23. The van der Waals surface area contributed by atoms with Gasteiger partial charge in [-0.1, -0.05) is 6.07 Å². The molecule has 1 heterocycles. The summed E-state index contributed by atoms with van der Waals surface area (Å²) in [5, 5.41) is 2.83. The average Bonchev–Trinajstić information content (AvgIpc) is 2.64. The van der Waals surface area contributed by atoms with Crippen LogP contribution in [0.2, 0.25) is 0 Å². The lowest BCUT2D eigenvalue weighted by Gasteiger charge is -1.99. The maximum Gasteiger partial charge on any atom is 0.124 e. The van der Waals surface area contributed by atoms with E-state index in [0.717, 1.165) is 10.7 Å². The van der Waals surface area contributed by atoms with Gasteiger partial charge in [0.1, 0.15) is 5.82 Å². The first-order chi connectivity index (χ1) is 7.65. The van der Waals surface area contributed by atoms with Gasteiger partial charge in [-0.3, -0.25) is 4.21 Å². The maximum absolute atomic E-state index is 12.9. The Labute approximate surface area is 99.6 Å². The van der Waals surface area contributed by atoms with Crippen LogP contribution in [0.1, 0.15) is 10.7 Å². The zero-order valence-corrected chi connectivity index (χ0v) is 10.3. The minimum absolute atomic E-state index is 0.341. The normalized spacial score (nSPS) is 12.6. The smallest absolute Gasteiger partial charge is 0.124 e. The topological polar surface area (TPSA) is 30.0 Å². The van der Waals surface area contributed by atoms with E-state index in [4.69, 9.17) is 0 Å². The van der Waals surface area contributed by atoms with Gasteiger partial charge in [0.2, 0.25) is 0 Å². The fourth-order valence-corrected chi connectivity index (χ4v) is 3.08. The molecule has 1 aromatic carbocycles. The molecular weight excluding hydrogens is 245 g/mol. The van der Waals surface area contributed by atoms with E-state index in [2.05, 4.69) is 4.98 Å². The van der Waals surface area contributed by atoms with Crippen LogP contribution in [-0.2, 0) is 16.6 Å². The molecule has 1 aromatic heterocycles. The fraction of sp³-hybridized carbons (Fsp3) is 0.182. The summed E-state index contributed by atoms with van der Waals surface area (Å²) in [4.78, 5) is 4.74. The molecule has 0 bridgehead atoms. The van der Waals surface area contributed by atoms with E-state index in [9.17, 15) is 8.60 Å². The molecule has 0 N–H and O–H groups in total. The van der Waals surface area contributed by atoms with Crippen molar-refractivity contribution in [3.05, 3.63) is 46.2 Å². The molecule has 0 fully saturated rings.